The molecule has 0 fully saturated rings. The average Bonchev–Trinajstić information content (AvgIpc) is 2.17. The Balaban J connectivity index is 2.61. The zero-order chi connectivity index (χ0) is 6.69. The average molecular weight is 125 g/mol. The van der Waals surface area contributed by atoms with Gasteiger partial charge < -0.3 is 16.5 Å². The lowest BCUT2D eigenvalue weighted by Crippen LogP contribution is -2.02. The Labute approximate surface area is 54.1 Å². The summed E-state index contributed by atoms with van der Waals surface area (Å²) in [5.74, 6) is 0.707. The minimum Gasteiger partial charge on any atom is -0.385 e. The first-order chi connectivity index (χ1) is 4.33. The number of anilines is 1. The molecule has 1 rings (SSSR count). The van der Waals surface area contributed by atoms with Gasteiger partial charge in [0.25, 0.3) is 0 Å². The molecule has 1 heterocycles. The third kappa shape index (κ3) is 1.47. The number of hydrogen-bond acceptors (Lipinski definition) is 2. The van der Waals surface area contributed by atoms with Gasteiger partial charge in [0.15, 0.2) is 0 Å². The molecule has 0 bridgehead atoms. The smallest absolute Gasteiger partial charge is 0.100 e. The number of nitrogens with two attached hydrogens (primary N) is 2. The van der Waals surface area contributed by atoms with Crippen LogP contribution in [0, 0.1) is 0 Å². The van der Waals surface area contributed by atoms with Crippen molar-refractivity contribution in [3.63, 3.8) is 0 Å². The largest absolute Gasteiger partial charge is 0.385 e. The number of rotatable bonds is 2. The van der Waals surface area contributed by atoms with E-state index in [0.717, 1.165) is 12.1 Å². The number of nitrogens with one attached hydrogen (secondary N) is 1. The van der Waals surface area contributed by atoms with Crippen LogP contribution < -0.4 is 11.5 Å². The van der Waals surface area contributed by atoms with Crippen LogP contribution in [0.3, 0.4) is 0 Å². The second-order valence-electron chi connectivity index (χ2n) is 1.98. The number of nitrogen functional groups attached to an aromatic ring is 1. The van der Waals surface area contributed by atoms with Crippen molar-refractivity contribution in [3.8, 4) is 0 Å². The minimum absolute atomic E-state index is 0.667. The van der Waals surface area contributed by atoms with E-state index in [9.17, 15) is 0 Å². The molecular formula is C6H11N3. The number of hydrogen-bond donors (Lipinski definition) is 3. The molecule has 0 radical (unpaired) electrons. The molecule has 3 heteroatoms. The summed E-state index contributed by atoms with van der Waals surface area (Å²) in [5.41, 5.74) is 11.8. The highest BCUT2D eigenvalue weighted by molar-refractivity contribution is 5.31. The minimum atomic E-state index is 0.667. The molecule has 0 aliphatic heterocycles. The maximum atomic E-state index is 5.41. The standard InChI is InChI=1S/C6H11N3/c7-4-3-5-1-2-6(8)9-5/h1-2,9H,3-4,7-8H2. The molecule has 5 N–H and O–H groups in total. The van der Waals surface area contributed by atoms with Gasteiger partial charge in [0.05, 0.1) is 0 Å². The molecular weight excluding hydrogens is 114 g/mol. The van der Waals surface area contributed by atoms with Crippen molar-refractivity contribution in [2.24, 2.45) is 5.73 Å². The zero-order valence-corrected chi connectivity index (χ0v) is 5.22. The van der Waals surface area contributed by atoms with E-state index in [0.29, 0.717) is 12.4 Å². The van der Waals surface area contributed by atoms with E-state index < -0.39 is 0 Å². The van der Waals surface area contributed by atoms with Gasteiger partial charge in [-0.25, -0.2) is 0 Å². The van der Waals surface area contributed by atoms with Gasteiger partial charge in [0, 0.05) is 5.69 Å². The van der Waals surface area contributed by atoms with Gasteiger partial charge in [-0.2, -0.15) is 0 Å². The molecule has 0 aliphatic rings. The van der Waals surface area contributed by atoms with Crippen LogP contribution in [0.4, 0.5) is 5.82 Å². The van der Waals surface area contributed by atoms with E-state index in [1.165, 1.54) is 0 Å². The number of aromatic amines is 1. The topological polar surface area (TPSA) is 67.8 Å². The molecule has 9 heavy (non-hydrogen) atoms. The Hall–Kier alpha value is -0.960. The Morgan fingerprint density at radius 2 is 2.22 bits per heavy atom. The van der Waals surface area contributed by atoms with Crippen LogP contribution >= 0.6 is 0 Å². The van der Waals surface area contributed by atoms with E-state index in [1.54, 1.807) is 0 Å². The molecule has 0 saturated heterocycles. The highest BCUT2D eigenvalue weighted by atomic mass is 14.8. The first kappa shape index (κ1) is 6.16. The second kappa shape index (κ2) is 2.55. The van der Waals surface area contributed by atoms with Crippen LogP contribution in [0.15, 0.2) is 12.1 Å². The zero-order valence-electron chi connectivity index (χ0n) is 5.22. The van der Waals surface area contributed by atoms with Crippen LogP contribution in [-0.4, -0.2) is 11.5 Å². The summed E-state index contributed by atoms with van der Waals surface area (Å²) in [5, 5.41) is 0. The summed E-state index contributed by atoms with van der Waals surface area (Å²) in [7, 11) is 0. The third-order valence-electron chi connectivity index (χ3n) is 1.18. The fraction of sp³-hybridized carbons (Fsp3) is 0.333. The lowest BCUT2D eigenvalue weighted by atomic mass is 10.3. The lowest BCUT2D eigenvalue weighted by Gasteiger charge is -1.89. The van der Waals surface area contributed by atoms with Gasteiger partial charge in [-0.3, -0.25) is 0 Å². The van der Waals surface area contributed by atoms with E-state index in [1.807, 2.05) is 12.1 Å². The molecule has 0 amide bonds. The number of aromatic nitrogens is 1. The van der Waals surface area contributed by atoms with Crippen molar-refractivity contribution >= 4 is 5.82 Å². The van der Waals surface area contributed by atoms with Gasteiger partial charge >= 0.3 is 0 Å². The van der Waals surface area contributed by atoms with Gasteiger partial charge in [0.1, 0.15) is 5.82 Å². The molecule has 0 aromatic carbocycles. The van der Waals surface area contributed by atoms with Crippen molar-refractivity contribution in [2.75, 3.05) is 12.3 Å². The van der Waals surface area contributed by atoms with E-state index in [-0.39, 0.29) is 0 Å². The molecule has 1 aromatic heterocycles. The van der Waals surface area contributed by atoms with Crippen LogP contribution in [0.25, 0.3) is 0 Å². The molecule has 0 saturated carbocycles. The Bertz CT molecular complexity index is 180. The van der Waals surface area contributed by atoms with Gasteiger partial charge in [-0.05, 0) is 25.1 Å². The van der Waals surface area contributed by atoms with Crippen LogP contribution in [0.1, 0.15) is 5.69 Å². The Kier molecular flexibility index (Phi) is 1.75. The Morgan fingerprint density at radius 3 is 2.67 bits per heavy atom. The molecule has 0 unspecified atom stereocenters. The van der Waals surface area contributed by atoms with E-state index in [2.05, 4.69) is 4.98 Å². The molecule has 1 aromatic rings. The summed E-state index contributed by atoms with van der Waals surface area (Å²) in [6.45, 7) is 0.667. The summed E-state index contributed by atoms with van der Waals surface area (Å²) in [6.07, 6.45) is 0.872. The quantitative estimate of drug-likeness (QED) is 0.524. The van der Waals surface area contributed by atoms with Gasteiger partial charge in [0.2, 0.25) is 0 Å². The number of H-pyrrole nitrogens is 1. The Morgan fingerprint density at radius 1 is 1.44 bits per heavy atom. The van der Waals surface area contributed by atoms with E-state index in [4.69, 9.17) is 11.5 Å². The molecule has 0 spiro atoms. The summed E-state index contributed by atoms with van der Waals surface area (Å²) in [4.78, 5) is 2.97. The second-order valence-corrected chi connectivity index (χ2v) is 1.98. The van der Waals surface area contributed by atoms with Crippen molar-refractivity contribution in [3.05, 3.63) is 17.8 Å². The maximum Gasteiger partial charge on any atom is 0.100 e. The monoisotopic (exact) mass is 125 g/mol. The fourth-order valence-electron chi connectivity index (χ4n) is 0.760. The highest BCUT2D eigenvalue weighted by Crippen LogP contribution is 2.01. The summed E-state index contributed by atoms with van der Waals surface area (Å²) < 4.78 is 0. The SMILES string of the molecule is NCCc1ccc(N)[nH]1. The van der Waals surface area contributed by atoms with Crippen LogP contribution in [0.5, 0.6) is 0 Å². The van der Waals surface area contributed by atoms with Gasteiger partial charge in [-0.15, -0.1) is 0 Å². The van der Waals surface area contributed by atoms with E-state index >= 15 is 0 Å². The summed E-state index contributed by atoms with van der Waals surface area (Å²) >= 11 is 0. The predicted octanol–water partition coefficient (Wildman–Crippen LogP) is 0.0981. The van der Waals surface area contributed by atoms with Gasteiger partial charge in [-0.1, -0.05) is 0 Å². The summed E-state index contributed by atoms with van der Waals surface area (Å²) in [6, 6.07) is 3.78. The lowest BCUT2D eigenvalue weighted by molar-refractivity contribution is 0.937. The van der Waals surface area contributed by atoms with Crippen LogP contribution in [-0.2, 0) is 6.42 Å². The van der Waals surface area contributed by atoms with Crippen LogP contribution in [0.2, 0.25) is 0 Å². The molecule has 50 valence electrons. The first-order valence-corrected chi connectivity index (χ1v) is 2.96. The van der Waals surface area contributed by atoms with Crippen molar-refractivity contribution in [2.45, 2.75) is 6.42 Å². The molecule has 0 aliphatic carbocycles. The van der Waals surface area contributed by atoms with Crippen molar-refractivity contribution in [1.82, 2.24) is 4.98 Å². The third-order valence-corrected chi connectivity index (χ3v) is 1.18. The van der Waals surface area contributed by atoms with Crippen molar-refractivity contribution in [1.29, 1.82) is 0 Å². The predicted molar refractivity (Wildman–Crippen MR) is 38.0 cm³/mol. The molecule has 3 nitrogen and oxygen atoms in total. The highest BCUT2D eigenvalue weighted by Gasteiger charge is 1.91. The fourth-order valence-corrected chi connectivity index (χ4v) is 0.760. The molecule has 0 atom stereocenters. The first-order valence-electron chi connectivity index (χ1n) is 2.96. The van der Waals surface area contributed by atoms with Crippen molar-refractivity contribution < 1.29 is 0 Å². The normalized spacial score (nSPS) is 9.89. The maximum absolute atomic E-state index is 5.41.